The number of hydrogen-bond acceptors (Lipinski definition) is 4. The second-order valence-corrected chi connectivity index (χ2v) is 10.4. The summed E-state index contributed by atoms with van der Waals surface area (Å²) in [6, 6.07) is 0. The summed E-state index contributed by atoms with van der Waals surface area (Å²) in [5.41, 5.74) is 4.86. The van der Waals surface area contributed by atoms with Crippen molar-refractivity contribution in [1.82, 2.24) is 0 Å². The summed E-state index contributed by atoms with van der Waals surface area (Å²) >= 11 is 0. The second-order valence-electron chi connectivity index (χ2n) is 10.4. The van der Waals surface area contributed by atoms with E-state index < -0.39 is 0 Å². The van der Waals surface area contributed by atoms with Gasteiger partial charge in [-0.2, -0.15) is 0 Å². The molecule has 2 aliphatic heterocycles. The molecule has 2 spiro atoms. The van der Waals surface area contributed by atoms with Crippen molar-refractivity contribution in [3.05, 3.63) is 22.8 Å². The molecule has 4 nitrogen and oxygen atoms in total. The summed E-state index contributed by atoms with van der Waals surface area (Å²) in [4.78, 5) is 0. The van der Waals surface area contributed by atoms with Crippen molar-refractivity contribution in [3.63, 3.8) is 0 Å². The molecule has 6 rings (SSSR count). The number of hydrogen-bond donors (Lipinski definition) is 0. The molecule has 0 N–H and O–H groups in total. The Kier molecular flexibility index (Phi) is 3.99. The van der Waals surface area contributed by atoms with Crippen LogP contribution in [0.1, 0.15) is 65.2 Å². The average molecular weight is 387 g/mol. The Hall–Kier alpha value is -0.680. The Morgan fingerprint density at radius 1 is 0.893 bits per heavy atom. The van der Waals surface area contributed by atoms with Crippen molar-refractivity contribution >= 4 is 0 Å². The molecule has 3 unspecified atom stereocenters. The quantitative estimate of drug-likeness (QED) is 0.612. The fourth-order valence-corrected chi connectivity index (χ4v) is 7.78. The Balaban J connectivity index is 1.35. The molecule has 4 atom stereocenters. The predicted octanol–water partition coefficient (Wildman–Crippen LogP) is 4.54. The maximum Gasteiger partial charge on any atom is 0.172 e. The van der Waals surface area contributed by atoms with Gasteiger partial charge in [-0.05, 0) is 75.4 Å². The maximum atomic E-state index is 6.69. The molecule has 1 saturated carbocycles. The number of fused-ring (bicyclic) bond motifs is 3. The zero-order valence-corrected chi connectivity index (χ0v) is 17.4. The highest BCUT2D eigenvalue weighted by atomic mass is 16.7. The van der Waals surface area contributed by atoms with Crippen LogP contribution in [0.15, 0.2) is 22.8 Å². The summed E-state index contributed by atoms with van der Waals surface area (Å²) in [5.74, 6) is 1.54. The number of rotatable bonds is 0. The molecular formula is C24H34O4. The van der Waals surface area contributed by atoms with E-state index in [1.165, 1.54) is 25.7 Å². The normalized spacial score (nSPS) is 43.6. The van der Waals surface area contributed by atoms with E-state index in [0.29, 0.717) is 17.8 Å². The van der Waals surface area contributed by atoms with E-state index in [4.69, 9.17) is 18.9 Å². The lowest BCUT2D eigenvalue weighted by molar-refractivity contribution is -0.164. The smallest absolute Gasteiger partial charge is 0.172 e. The van der Waals surface area contributed by atoms with Crippen LogP contribution in [0.25, 0.3) is 0 Å². The van der Waals surface area contributed by atoms with Crippen LogP contribution in [-0.2, 0) is 18.9 Å². The lowest BCUT2D eigenvalue weighted by atomic mass is 9.60. The molecule has 6 aliphatic rings. The first-order valence-corrected chi connectivity index (χ1v) is 11.5. The monoisotopic (exact) mass is 386 g/mol. The molecule has 4 aliphatic carbocycles. The zero-order valence-electron chi connectivity index (χ0n) is 17.4. The minimum absolute atomic E-state index is 0.000204. The molecular weight excluding hydrogens is 352 g/mol. The molecule has 28 heavy (non-hydrogen) atoms. The van der Waals surface area contributed by atoms with Gasteiger partial charge in [0.15, 0.2) is 5.79 Å². The summed E-state index contributed by atoms with van der Waals surface area (Å²) in [6.45, 7) is 7.58. The topological polar surface area (TPSA) is 36.9 Å². The van der Waals surface area contributed by atoms with Crippen LogP contribution in [0, 0.1) is 17.8 Å². The van der Waals surface area contributed by atoms with Crippen LogP contribution in [-0.4, -0.2) is 43.4 Å². The summed E-state index contributed by atoms with van der Waals surface area (Å²) in [6.07, 6.45) is 11.8. The first-order chi connectivity index (χ1) is 13.5. The highest BCUT2D eigenvalue weighted by molar-refractivity contribution is 5.45. The molecule has 2 heterocycles. The SMILES string of the molecule is CC1(C)OCCOC23CC=C4C5=C(CCC4C2CC[C@H]13)CC1(CC5)OCCO1. The van der Waals surface area contributed by atoms with Gasteiger partial charge in [0.25, 0.3) is 0 Å². The van der Waals surface area contributed by atoms with Gasteiger partial charge < -0.3 is 18.9 Å². The average Bonchev–Trinajstić information content (AvgIpc) is 3.27. The third-order valence-corrected chi connectivity index (χ3v) is 8.86. The van der Waals surface area contributed by atoms with Crippen molar-refractivity contribution < 1.29 is 18.9 Å². The largest absolute Gasteiger partial charge is 0.373 e. The van der Waals surface area contributed by atoms with Gasteiger partial charge in [0.1, 0.15) is 0 Å². The van der Waals surface area contributed by atoms with Gasteiger partial charge in [-0.15, -0.1) is 0 Å². The predicted molar refractivity (Wildman–Crippen MR) is 106 cm³/mol. The minimum Gasteiger partial charge on any atom is -0.373 e. The molecule has 4 heteroatoms. The molecule has 2 saturated heterocycles. The molecule has 3 fully saturated rings. The first kappa shape index (κ1) is 18.1. The van der Waals surface area contributed by atoms with Crippen molar-refractivity contribution in [2.45, 2.75) is 82.2 Å². The van der Waals surface area contributed by atoms with Crippen LogP contribution in [0.3, 0.4) is 0 Å². The Morgan fingerprint density at radius 3 is 2.54 bits per heavy atom. The summed E-state index contributed by atoms with van der Waals surface area (Å²) in [7, 11) is 0. The second kappa shape index (κ2) is 6.16. The van der Waals surface area contributed by atoms with Gasteiger partial charge in [-0.1, -0.05) is 11.6 Å². The first-order valence-electron chi connectivity index (χ1n) is 11.5. The van der Waals surface area contributed by atoms with Crippen molar-refractivity contribution in [2.75, 3.05) is 26.4 Å². The van der Waals surface area contributed by atoms with E-state index in [-0.39, 0.29) is 17.0 Å². The van der Waals surface area contributed by atoms with E-state index in [2.05, 4.69) is 19.9 Å². The molecule has 0 amide bonds. The van der Waals surface area contributed by atoms with Gasteiger partial charge in [0.05, 0.1) is 37.6 Å². The molecule has 0 aromatic heterocycles. The van der Waals surface area contributed by atoms with Gasteiger partial charge in [0.2, 0.25) is 0 Å². The summed E-state index contributed by atoms with van der Waals surface area (Å²) < 4.78 is 25.0. The highest BCUT2D eigenvalue weighted by Crippen LogP contribution is 2.61. The molecule has 154 valence electrons. The van der Waals surface area contributed by atoms with Gasteiger partial charge >= 0.3 is 0 Å². The summed E-state index contributed by atoms with van der Waals surface area (Å²) in [5, 5.41) is 0. The van der Waals surface area contributed by atoms with Gasteiger partial charge in [-0.25, -0.2) is 0 Å². The zero-order chi connectivity index (χ0) is 19.0. The Morgan fingerprint density at radius 2 is 1.68 bits per heavy atom. The molecule has 0 aromatic carbocycles. The van der Waals surface area contributed by atoms with E-state index in [1.807, 2.05) is 0 Å². The minimum atomic E-state index is -0.299. The highest BCUT2D eigenvalue weighted by Gasteiger charge is 2.61. The Bertz CT molecular complexity index is 729. The molecule has 0 bridgehead atoms. The van der Waals surface area contributed by atoms with Crippen LogP contribution >= 0.6 is 0 Å². The van der Waals surface area contributed by atoms with Crippen LogP contribution in [0.2, 0.25) is 0 Å². The van der Waals surface area contributed by atoms with Crippen LogP contribution in [0.4, 0.5) is 0 Å². The lowest BCUT2D eigenvalue weighted by Crippen LogP contribution is -2.53. The fourth-order valence-electron chi connectivity index (χ4n) is 7.78. The molecule has 0 radical (unpaired) electrons. The van der Waals surface area contributed by atoms with Gasteiger partial charge in [-0.3, -0.25) is 0 Å². The van der Waals surface area contributed by atoms with Gasteiger partial charge in [0, 0.05) is 18.8 Å². The van der Waals surface area contributed by atoms with Crippen molar-refractivity contribution in [3.8, 4) is 0 Å². The van der Waals surface area contributed by atoms with Crippen molar-refractivity contribution in [2.24, 2.45) is 17.8 Å². The standard InChI is InChI=1S/C24H34O4/c1-22(2)21-6-5-20-19-4-3-16-15-23(26-12-13-27-23)9-7-17(16)18(19)8-10-24(20,21)28-14-11-25-22/h8,19-21H,3-7,9-15H2,1-2H3/t19?,20?,21-,24?/m1/s1. The van der Waals surface area contributed by atoms with Crippen LogP contribution < -0.4 is 0 Å². The third kappa shape index (κ3) is 2.44. The van der Waals surface area contributed by atoms with E-state index in [9.17, 15) is 0 Å². The van der Waals surface area contributed by atoms with Crippen LogP contribution in [0.5, 0.6) is 0 Å². The van der Waals surface area contributed by atoms with Crippen molar-refractivity contribution in [1.29, 1.82) is 0 Å². The number of allylic oxidation sites excluding steroid dienone is 2. The third-order valence-electron chi connectivity index (χ3n) is 8.86. The Labute approximate surface area is 168 Å². The van der Waals surface area contributed by atoms with E-state index in [0.717, 1.165) is 52.1 Å². The van der Waals surface area contributed by atoms with E-state index >= 15 is 0 Å². The maximum absolute atomic E-state index is 6.69. The number of ether oxygens (including phenoxy) is 4. The fraction of sp³-hybridized carbons (Fsp3) is 0.833. The molecule has 0 aromatic rings. The van der Waals surface area contributed by atoms with E-state index in [1.54, 1.807) is 16.7 Å². The lowest BCUT2D eigenvalue weighted by Gasteiger charge is -2.51.